The second-order valence-electron chi connectivity index (χ2n) is 5.73. The van der Waals surface area contributed by atoms with Crippen molar-refractivity contribution in [3.8, 4) is 0 Å². The van der Waals surface area contributed by atoms with Crippen LogP contribution in [0.2, 0.25) is 0 Å². The maximum atomic E-state index is 13.9. The summed E-state index contributed by atoms with van der Waals surface area (Å²) >= 11 is 0. The van der Waals surface area contributed by atoms with E-state index in [0.29, 0.717) is 23.7 Å². The SMILES string of the molecule is CCCCCCNC(=O)n1cc(F)c(=O)n(C(=O)c2ccccc2)c1=O. The molecule has 1 heterocycles. The van der Waals surface area contributed by atoms with Gasteiger partial charge in [-0.2, -0.15) is 8.96 Å². The van der Waals surface area contributed by atoms with E-state index in [1.54, 1.807) is 18.2 Å². The smallest absolute Gasteiger partial charge is 0.337 e. The Hall–Kier alpha value is -3.03. The zero-order valence-corrected chi connectivity index (χ0v) is 14.4. The summed E-state index contributed by atoms with van der Waals surface area (Å²) in [5, 5.41) is 2.48. The number of nitrogens with one attached hydrogen (secondary N) is 1. The van der Waals surface area contributed by atoms with E-state index in [2.05, 4.69) is 5.32 Å². The Labute approximate surface area is 149 Å². The van der Waals surface area contributed by atoms with Crippen molar-refractivity contribution in [1.82, 2.24) is 14.5 Å². The Bertz CT molecular complexity index is 903. The van der Waals surface area contributed by atoms with Gasteiger partial charge in [0.2, 0.25) is 5.82 Å². The molecule has 1 amide bonds. The highest BCUT2D eigenvalue weighted by molar-refractivity contribution is 5.95. The number of nitrogens with zero attached hydrogens (tertiary/aromatic N) is 2. The Balaban J connectivity index is 2.31. The highest BCUT2D eigenvalue weighted by Gasteiger charge is 2.21. The van der Waals surface area contributed by atoms with Crippen LogP contribution < -0.4 is 16.6 Å². The molecule has 0 aliphatic heterocycles. The maximum absolute atomic E-state index is 13.9. The summed E-state index contributed by atoms with van der Waals surface area (Å²) in [7, 11) is 0. The molecule has 0 bridgehead atoms. The minimum atomic E-state index is -1.39. The molecule has 2 rings (SSSR count). The predicted octanol–water partition coefficient (Wildman–Crippen LogP) is 1.98. The third-order valence-electron chi connectivity index (χ3n) is 3.80. The van der Waals surface area contributed by atoms with Crippen LogP contribution >= 0.6 is 0 Å². The van der Waals surface area contributed by atoms with Crippen molar-refractivity contribution in [1.29, 1.82) is 0 Å². The van der Waals surface area contributed by atoms with Crippen molar-refractivity contribution < 1.29 is 14.0 Å². The lowest BCUT2D eigenvalue weighted by Gasteiger charge is -2.10. The molecule has 138 valence electrons. The molecular formula is C18H20FN3O4. The molecular weight excluding hydrogens is 341 g/mol. The molecule has 1 aromatic heterocycles. The fraction of sp³-hybridized carbons (Fsp3) is 0.333. The largest absolute Gasteiger partial charge is 0.346 e. The molecule has 1 N–H and O–H groups in total. The molecule has 0 atom stereocenters. The van der Waals surface area contributed by atoms with Crippen molar-refractivity contribution in [2.24, 2.45) is 0 Å². The summed E-state index contributed by atoms with van der Waals surface area (Å²) in [6, 6.07) is 6.61. The van der Waals surface area contributed by atoms with Crippen LogP contribution in [-0.4, -0.2) is 27.6 Å². The molecule has 0 radical (unpaired) electrons. The fourth-order valence-corrected chi connectivity index (χ4v) is 2.39. The fourth-order valence-electron chi connectivity index (χ4n) is 2.39. The Morgan fingerprint density at radius 3 is 2.42 bits per heavy atom. The van der Waals surface area contributed by atoms with E-state index in [9.17, 15) is 23.6 Å². The molecule has 0 unspecified atom stereocenters. The molecule has 0 saturated heterocycles. The van der Waals surface area contributed by atoms with Crippen molar-refractivity contribution in [2.75, 3.05) is 6.54 Å². The van der Waals surface area contributed by atoms with Crippen molar-refractivity contribution in [2.45, 2.75) is 32.6 Å². The molecule has 0 spiro atoms. The third kappa shape index (κ3) is 4.33. The molecule has 0 aliphatic rings. The molecule has 0 aliphatic carbocycles. The number of hydrogen-bond acceptors (Lipinski definition) is 4. The summed E-state index contributed by atoms with van der Waals surface area (Å²) in [4.78, 5) is 48.9. The molecule has 0 fully saturated rings. The normalized spacial score (nSPS) is 10.5. The minimum absolute atomic E-state index is 0.0313. The van der Waals surface area contributed by atoms with Crippen LogP contribution in [0.4, 0.5) is 9.18 Å². The van der Waals surface area contributed by atoms with Gasteiger partial charge in [0.05, 0.1) is 6.20 Å². The van der Waals surface area contributed by atoms with Gasteiger partial charge < -0.3 is 5.32 Å². The number of amides is 1. The third-order valence-corrected chi connectivity index (χ3v) is 3.80. The van der Waals surface area contributed by atoms with Crippen LogP contribution in [0, 0.1) is 5.82 Å². The summed E-state index contributed by atoms with van der Waals surface area (Å²) in [5.41, 5.74) is -2.57. The molecule has 7 nitrogen and oxygen atoms in total. The number of hydrogen-bond donors (Lipinski definition) is 1. The van der Waals surface area contributed by atoms with Crippen LogP contribution in [0.15, 0.2) is 46.1 Å². The topological polar surface area (TPSA) is 90.2 Å². The van der Waals surface area contributed by atoms with Gasteiger partial charge in [-0.25, -0.2) is 14.2 Å². The van der Waals surface area contributed by atoms with E-state index in [1.807, 2.05) is 6.92 Å². The van der Waals surface area contributed by atoms with Gasteiger partial charge in [-0.05, 0) is 18.6 Å². The maximum Gasteiger partial charge on any atom is 0.346 e. The monoisotopic (exact) mass is 361 g/mol. The minimum Gasteiger partial charge on any atom is -0.337 e. The highest BCUT2D eigenvalue weighted by Crippen LogP contribution is 2.00. The lowest BCUT2D eigenvalue weighted by Crippen LogP contribution is -2.49. The quantitative estimate of drug-likeness (QED) is 0.797. The van der Waals surface area contributed by atoms with E-state index in [1.165, 1.54) is 12.1 Å². The van der Waals surface area contributed by atoms with Gasteiger partial charge in [-0.15, -0.1) is 0 Å². The van der Waals surface area contributed by atoms with Crippen LogP contribution in [0.3, 0.4) is 0 Å². The van der Waals surface area contributed by atoms with Gasteiger partial charge in [0.15, 0.2) is 0 Å². The van der Waals surface area contributed by atoms with E-state index < -0.39 is 29.0 Å². The first kappa shape index (κ1) is 19.3. The Morgan fingerprint density at radius 2 is 1.77 bits per heavy atom. The predicted molar refractivity (Wildman–Crippen MR) is 94.0 cm³/mol. The van der Waals surface area contributed by atoms with Crippen LogP contribution in [-0.2, 0) is 0 Å². The number of carbonyl (C=O) groups excluding carboxylic acids is 2. The summed E-state index contributed by atoms with van der Waals surface area (Å²) in [6.45, 7) is 2.35. The molecule has 8 heteroatoms. The Kier molecular flexibility index (Phi) is 6.60. The Morgan fingerprint density at radius 1 is 1.08 bits per heavy atom. The molecule has 1 aromatic carbocycles. The van der Waals surface area contributed by atoms with Gasteiger partial charge in [0.25, 0.3) is 11.5 Å². The first-order valence-electron chi connectivity index (χ1n) is 8.39. The summed E-state index contributed by atoms with van der Waals surface area (Å²) in [6.07, 6.45) is 4.17. The van der Waals surface area contributed by atoms with E-state index >= 15 is 0 Å². The zero-order valence-electron chi connectivity index (χ0n) is 14.4. The van der Waals surface area contributed by atoms with Gasteiger partial charge in [-0.1, -0.05) is 44.4 Å². The van der Waals surface area contributed by atoms with E-state index in [4.69, 9.17) is 0 Å². The summed E-state index contributed by atoms with van der Waals surface area (Å²) in [5.74, 6) is -2.36. The second-order valence-corrected chi connectivity index (χ2v) is 5.73. The average Bonchev–Trinajstić information content (AvgIpc) is 2.65. The average molecular weight is 361 g/mol. The highest BCUT2D eigenvalue weighted by atomic mass is 19.1. The van der Waals surface area contributed by atoms with Gasteiger partial charge >= 0.3 is 11.7 Å². The number of unbranched alkanes of at least 4 members (excludes halogenated alkanes) is 3. The lowest BCUT2D eigenvalue weighted by atomic mass is 10.2. The number of rotatable bonds is 6. The van der Waals surface area contributed by atoms with Crippen molar-refractivity contribution in [3.05, 3.63) is 68.7 Å². The first-order chi connectivity index (χ1) is 12.5. The number of aromatic nitrogens is 2. The molecule has 0 saturated carbocycles. The van der Waals surface area contributed by atoms with Crippen LogP contribution in [0.5, 0.6) is 0 Å². The first-order valence-corrected chi connectivity index (χ1v) is 8.39. The standard InChI is InChI=1S/C18H20FN3O4/c1-2-3-4-8-11-20-17(25)21-12-14(19)16(24)22(18(21)26)15(23)13-9-6-5-7-10-13/h5-7,9-10,12H,2-4,8,11H2,1H3,(H,20,25). The van der Waals surface area contributed by atoms with Crippen LogP contribution in [0.25, 0.3) is 0 Å². The van der Waals surface area contributed by atoms with E-state index in [-0.39, 0.29) is 10.1 Å². The summed E-state index contributed by atoms with van der Waals surface area (Å²) < 4.78 is 14.4. The van der Waals surface area contributed by atoms with Crippen molar-refractivity contribution in [3.63, 3.8) is 0 Å². The van der Waals surface area contributed by atoms with Gasteiger partial charge in [0.1, 0.15) is 0 Å². The van der Waals surface area contributed by atoms with Gasteiger partial charge in [0, 0.05) is 12.1 Å². The number of benzene rings is 1. The van der Waals surface area contributed by atoms with Crippen LogP contribution in [0.1, 0.15) is 43.0 Å². The zero-order chi connectivity index (χ0) is 19.1. The van der Waals surface area contributed by atoms with E-state index in [0.717, 1.165) is 19.3 Å². The number of carbonyl (C=O) groups is 2. The lowest BCUT2D eigenvalue weighted by molar-refractivity contribution is 0.0947. The van der Waals surface area contributed by atoms with Gasteiger partial charge in [-0.3, -0.25) is 9.59 Å². The molecule has 2 aromatic rings. The second kappa shape index (κ2) is 8.89. The molecule has 26 heavy (non-hydrogen) atoms. The van der Waals surface area contributed by atoms with Crippen molar-refractivity contribution >= 4 is 11.9 Å². The number of halogens is 1.